The highest BCUT2D eigenvalue weighted by Gasteiger charge is 2.23. The molecule has 0 saturated carbocycles. The van der Waals surface area contributed by atoms with Gasteiger partial charge in [0.1, 0.15) is 0 Å². The maximum Gasteiger partial charge on any atom is -0.0117 e. The fraction of sp³-hybridized carbons (Fsp3) is 0.727. The van der Waals surface area contributed by atoms with Gasteiger partial charge < -0.3 is 0 Å². The minimum absolute atomic E-state index is 0.292. The monoisotopic (exact) mass is 153 g/mol. The van der Waals surface area contributed by atoms with Gasteiger partial charge in [-0.05, 0) is 23.7 Å². The number of hydrogen-bond donors (Lipinski definition) is 0. The molecule has 0 aliphatic carbocycles. The zero-order chi connectivity index (χ0) is 9.12. The average molecular weight is 153 g/mol. The van der Waals surface area contributed by atoms with Gasteiger partial charge in [0, 0.05) is 0 Å². The zero-order valence-electron chi connectivity index (χ0n) is 8.57. The molecule has 0 heterocycles. The maximum atomic E-state index is 3.72. The van der Waals surface area contributed by atoms with E-state index < -0.39 is 0 Å². The lowest BCUT2D eigenvalue weighted by atomic mass is 9.74. The summed E-state index contributed by atoms with van der Waals surface area (Å²) in [5.41, 5.74) is 0.697. The van der Waals surface area contributed by atoms with Crippen LogP contribution < -0.4 is 0 Å². The number of hydrogen-bond acceptors (Lipinski definition) is 0. The topological polar surface area (TPSA) is 0 Å². The summed E-state index contributed by atoms with van der Waals surface area (Å²) in [6.07, 6.45) is 5.27. The van der Waals surface area contributed by atoms with Crippen molar-refractivity contribution in [3.63, 3.8) is 0 Å². The molecule has 0 heteroatoms. The van der Waals surface area contributed by atoms with Crippen LogP contribution in [0.4, 0.5) is 0 Å². The summed E-state index contributed by atoms with van der Waals surface area (Å²) >= 11 is 0. The van der Waals surface area contributed by atoms with Gasteiger partial charge in [0.15, 0.2) is 0 Å². The summed E-state index contributed by atoms with van der Waals surface area (Å²) in [5, 5.41) is 0. The quantitative estimate of drug-likeness (QED) is 0.578. The second-order valence-corrected chi connectivity index (χ2v) is 5.13. The summed E-state index contributed by atoms with van der Waals surface area (Å²) in [6.45, 7) is 15.0. The van der Waals surface area contributed by atoms with Crippen molar-refractivity contribution in [3.05, 3.63) is 19.1 Å². The van der Waals surface area contributed by atoms with Gasteiger partial charge in [-0.25, -0.2) is 0 Å². The van der Waals surface area contributed by atoms with E-state index in [4.69, 9.17) is 0 Å². The fourth-order valence-electron chi connectivity index (χ4n) is 1.74. The first-order valence-corrected chi connectivity index (χ1v) is 4.24. The van der Waals surface area contributed by atoms with E-state index in [1.54, 1.807) is 0 Å². The molecule has 0 aromatic heterocycles. The van der Waals surface area contributed by atoms with E-state index in [9.17, 15) is 0 Å². The molecule has 11 heavy (non-hydrogen) atoms. The summed E-state index contributed by atoms with van der Waals surface area (Å²) in [4.78, 5) is 0. The molecule has 1 radical (unpaired) electrons. The number of allylic oxidation sites excluding steroid dienone is 1. The minimum atomic E-state index is 0.292. The molecule has 0 aliphatic heterocycles. The predicted octanol–water partition coefficient (Wildman–Crippen LogP) is 3.84. The van der Waals surface area contributed by atoms with E-state index >= 15 is 0 Å². The van der Waals surface area contributed by atoms with Crippen LogP contribution in [-0.2, 0) is 0 Å². The van der Waals surface area contributed by atoms with Crippen LogP contribution >= 0.6 is 0 Å². The van der Waals surface area contributed by atoms with Gasteiger partial charge >= 0.3 is 0 Å². The van der Waals surface area contributed by atoms with E-state index in [0.717, 1.165) is 0 Å². The second-order valence-electron chi connectivity index (χ2n) is 5.13. The minimum Gasteiger partial charge on any atom is -0.103 e. The Hall–Kier alpha value is -0.260. The Morgan fingerprint density at radius 1 is 1.09 bits per heavy atom. The first-order valence-electron chi connectivity index (χ1n) is 4.24. The highest BCUT2D eigenvalue weighted by molar-refractivity contribution is 4.99. The lowest BCUT2D eigenvalue weighted by molar-refractivity contribution is 0.250. The fourth-order valence-corrected chi connectivity index (χ4v) is 1.74. The lowest BCUT2D eigenvalue weighted by Gasteiger charge is -2.31. The van der Waals surface area contributed by atoms with Crippen LogP contribution in [-0.4, -0.2) is 0 Å². The average Bonchev–Trinajstić information content (AvgIpc) is 1.55. The Morgan fingerprint density at radius 3 is 1.82 bits per heavy atom. The molecule has 0 nitrogen and oxygen atoms in total. The van der Waals surface area contributed by atoms with Crippen molar-refractivity contribution >= 4 is 0 Å². The highest BCUT2D eigenvalue weighted by Crippen LogP contribution is 2.35. The SMILES string of the molecule is C=C[CH]C(C)(C)CC(C)(C)C. The van der Waals surface area contributed by atoms with Crippen LogP contribution in [0.5, 0.6) is 0 Å². The van der Waals surface area contributed by atoms with Crippen molar-refractivity contribution in [1.82, 2.24) is 0 Å². The van der Waals surface area contributed by atoms with Crippen molar-refractivity contribution in [3.8, 4) is 0 Å². The molecule has 0 N–H and O–H groups in total. The summed E-state index contributed by atoms with van der Waals surface area (Å²) < 4.78 is 0. The number of rotatable bonds is 3. The van der Waals surface area contributed by atoms with Gasteiger partial charge in [0.2, 0.25) is 0 Å². The Labute approximate surface area is 71.7 Å². The molecular weight excluding hydrogens is 132 g/mol. The van der Waals surface area contributed by atoms with E-state index in [0.29, 0.717) is 10.8 Å². The third-order valence-electron chi connectivity index (χ3n) is 1.55. The molecule has 65 valence electrons. The zero-order valence-corrected chi connectivity index (χ0v) is 8.57. The third kappa shape index (κ3) is 6.15. The van der Waals surface area contributed by atoms with E-state index in [2.05, 4.69) is 47.6 Å². The Bertz CT molecular complexity index is 123. The third-order valence-corrected chi connectivity index (χ3v) is 1.55. The van der Waals surface area contributed by atoms with Crippen LogP contribution in [0.2, 0.25) is 0 Å². The largest absolute Gasteiger partial charge is 0.103 e. The molecule has 0 aromatic carbocycles. The van der Waals surface area contributed by atoms with Gasteiger partial charge in [-0.1, -0.05) is 40.7 Å². The van der Waals surface area contributed by atoms with Crippen LogP contribution in [0.3, 0.4) is 0 Å². The predicted molar refractivity (Wildman–Crippen MR) is 52.4 cm³/mol. The van der Waals surface area contributed by atoms with Crippen LogP contribution in [0.25, 0.3) is 0 Å². The van der Waals surface area contributed by atoms with Crippen LogP contribution in [0, 0.1) is 17.3 Å². The molecule has 0 bridgehead atoms. The maximum absolute atomic E-state index is 3.72. The van der Waals surface area contributed by atoms with E-state index in [1.165, 1.54) is 6.42 Å². The van der Waals surface area contributed by atoms with Crippen molar-refractivity contribution in [2.45, 2.75) is 41.0 Å². The summed E-state index contributed by atoms with van der Waals surface area (Å²) in [6, 6.07) is 0. The van der Waals surface area contributed by atoms with Crippen LogP contribution in [0.1, 0.15) is 41.0 Å². The molecular formula is C11H21. The van der Waals surface area contributed by atoms with Crippen molar-refractivity contribution in [2.75, 3.05) is 0 Å². The highest BCUT2D eigenvalue weighted by atomic mass is 14.3. The normalized spacial score (nSPS) is 13.2. The first kappa shape index (κ1) is 10.7. The standard InChI is InChI=1S/C11H21/c1-7-8-11(5,6)9-10(2,3)4/h7-8H,1,9H2,2-6H3. The van der Waals surface area contributed by atoms with Crippen molar-refractivity contribution in [2.24, 2.45) is 10.8 Å². The van der Waals surface area contributed by atoms with E-state index in [1.807, 2.05) is 6.08 Å². The molecule has 0 rings (SSSR count). The first-order chi connectivity index (χ1) is 4.77. The Kier molecular flexibility index (Phi) is 3.34. The molecule has 0 aromatic rings. The molecule has 0 spiro atoms. The van der Waals surface area contributed by atoms with Gasteiger partial charge in [0.05, 0.1) is 0 Å². The van der Waals surface area contributed by atoms with Crippen molar-refractivity contribution in [1.29, 1.82) is 0 Å². The molecule has 0 saturated heterocycles. The smallest absolute Gasteiger partial charge is 0.0117 e. The molecule has 0 atom stereocenters. The van der Waals surface area contributed by atoms with Crippen molar-refractivity contribution < 1.29 is 0 Å². The molecule has 0 unspecified atom stereocenters. The second kappa shape index (κ2) is 3.42. The van der Waals surface area contributed by atoms with Gasteiger partial charge in [-0.3, -0.25) is 0 Å². The molecule has 0 amide bonds. The van der Waals surface area contributed by atoms with E-state index in [-0.39, 0.29) is 0 Å². The summed E-state index contributed by atoms with van der Waals surface area (Å²) in [7, 11) is 0. The summed E-state index contributed by atoms with van der Waals surface area (Å²) in [5.74, 6) is 0. The lowest BCUT2D eigenvalue weighted by Crippen LogP contribution is -2.20. The van der Waals surface area contributed by atoms with Gasteiger partial charge in [-0.2, -0.15) is 0 Å². The molecule has 0 fully saturated rings. The van der Waals surface area contributed by atoms with Gasteiger partial charge in [0.25, 0.3) is 0 Å². The molecule has 0 aliphatic rings. The Morgan fingerprint density at radius 2 is 1.55 bits per heavy atom. The van der Waals surface area contributed by atoms with Crippen LogP contribution in [0.15, 0.2) is 12.7 Å². The van der Waals surface area contributed by atoms with Gasteiger partial charge in [-0.15, -0.1) is 6.58 Å². The Balaban J connectivity index is 4.00.